The van der Waals surface area contributed by atoms with Crippen LogP contribution in [0, 0.1) is 0 Å². The SMILES string of the molecule is CCNC(=O)NCc1cccc(-c2cccc([C@H]3O[C@@H](CN4CCC(O)(c5ccc(Cl)cc5)CC4)C[C@@H](c4ccc(CO)cc4)O3)c2)c1. The van der Waals surface area contributed by atoms with Gasteiger partial charge in [-0.3, -0.25) is 0 Å². The van der Waals surface area contributed by atoms with Gasteiger partial charge in [0.15, 0.2) is 6.29 Å². The Morgan fingerprint density at radius 1 is 0.875 bits per heavy atom. The summed E-state index contributed by atoms with van der Waals surface area (Å²) < 4.78 is 13.3. The Bertz CT molecular complexity index is 1660. The molecule has 0 aromatic heterocycles. The molecule has 4 N–H and O–H groups in total. The normalized spacial score (nSPS) is 21.0. The molecule has 2 fully saturated rings. The quantitative estimate of drug-likeness (QED) is 0.147. The number of hydrogen-bond donors (Lipinski definition) is 4. The third-order valence-electron chi connectivity index (χ3n) is 9.35. The van der Waals surface area contributed by atoms with Crippen LogP contribution in [0.1, 0.15) is 66.4 Å². The number of urea groups is 1. The number of aliphatic hydroxyl groups is 2. The molecule has 2 saturated heterocycles. The minimum Gasteiger partial charge on any atom is -0.392 e. The smallest absolute Gasteiger partial charge is 0.315 e. The number of carbonyl (C=O) groups is 1. The Labute approximate surface area is 287 Å². The summed E-state index contributed by atoms with van der Waals surface area (Å²) in [5.41, 5.74) is 5.94. The van der Waals surface area contributed by atoms with Crippen molar-refractivity contribution in [3.05, 3.63) is 130 Å². The number of nitrogens with one attached hydrogen (secondary N) is 2. The summed E-state index contributed by atoms with van der Waals surface area (Å²) in [6.45, 7) is 5.12. The molecule has 3 atom stereocenters. The van der Waals surface area contributed by atoms with Crippen molar-refractivity contribution >= 4 is 17.6 Å². The number of benzene rings is 4. The number of likely N-dealkylation sites (tertiary alicyclic amines) is 1. The molecule has 252 valence electrons. The minimum atomic E-state index is -0.868. The topological polar surface area (TPSA) is 103 Å². The second kappa shape index (κ2) is 15.6. The first kappa shape index (κ1) is 34.1. The molecule has 2 heterocycles. The lowest BCUT2D eigenvalue weighted by Crippen LogP contribution is -2.46. The molecule has 6 rings (SSSR count). The highest BCUT2D eigenvalue weighted by Crippen LogP contribution is 2.40. The first-order valence-corrected chi connectivity index (χ1v) is 17.1. The van der Waals surface area contributed by atoms with Gasteiger partial charge in [-0.25, -0.2) is 4.79 Å². The van der Waals surface area contributed by atoms with Crippen molar-refractivity contribution in [3.63, 3.8) is 0 Å². The van der Waals surface area contributed by atoms with Crippen LogP contribution in [0.2, 0.25) is 5.02 Å². The number of amides is 2. The van der Waals surface area contributed by atoms with Crippen LogP contribution in [-0.2, 0) is 28.2 Å². The second-order valence-corrected chi connectivity index (χ2v) is 13.2. The summed E-state index contributed by atoms with van der Waals surface area (Å²) in [5.74, 6) is 0. The van der Waals surface area contributed by atoms with E-state index < -0.39 is 11.9 Å². The molecule has 4 aromatic carbocycles. The van der Waals surface area contributed by atoms with Gasteiger partial charge in [0.05, 0.1) is 24.4 Å². The highest BCUT2D eigenvalue weighted by Gasteiger charge is 2.37. The van der Waals surface area contributed by atoms with E-state index in [1.807, 2.05) is 79.7 Å². The van der Waals surface area contributed by atoms with E-state index in [2.05, 4.69) is 39.8 Å². The highest BCUT2D eigenvalue weighted by molar-refractivity contribution is 6.30. The molecule has 0 radical (unpaired) electrons. The summed E-state index contributed by atoms with van der Waals surface area (Å²) in [6, 6.07) is 31.7. The van der Waals surface area contributed by atoms with E-state index in [9.17, 15) is 15.0 Å². The first-order valence-electron chi connectivity index (χ1n) is 16.7. The number of rotatable bonds is 10. The van der Waals surface area contributed by atoms with Gasteiger partial charge in [0.25, 0.3) is 0 Å². The monoisotopic (exact) mass is 669 g/mol. The van der Waals surface area contributed by atoms with E-state index in [-0.39, 0.29) is 24.8 Å². The van der Waals surface area contributed by atoms with Gasteiger partial charge in [-0.2, -0.15) is 0 Å². The summed E-state index contributed by atoms with van der Waals surface area (Å²) in [7, 11) is 0. The summed E-state index contributed by atoms with van der Waals surface area (Å²) >= 11 is 6.09. The molecular weight excluding hydrogens is 626 g/mol. The van der Waals surface area contributed by atoms with Crippen molar-refractivity contribution in [2.45, 2.75) is 63.4 Å². The van der Waals surface area contributed by atoms with E-state index >= 15 is 0 Å². The molecule has 0 bridgehead atoms. The number of carbonyl (C=O) groups excluding carboxylic acids is 1. The number of halogens is 1. The summed E-state index contributed by atoms with van der Waals surface area (Å²) in [6.07, 6.45) is 1.09. The Morgan fingerprint density at radius 3 is 2.29 bits per heavy atom. The van der Waals surface area contributed by atoms with E-state index in [4.69, 9.17) is 21.1 Å². The van der Waals surface area contributed by atoms with Crippen LogP contribution in [0.3, 0.4) is 0 Å². The zero-order valence-electron chi connectivity index (χ0n) is 27.3. The fraction of sp³-hybridized carbons (Fsp3) is 0.359. The summed E-state index contributed by atoms with van der Waals surface area (Å²) in [4.78, 5) is 14.3. The Kier molecular flexibility index (Phi) is 11.1. The van der Waals surface area contributed by atoms with Gasteiger partial charge in [-0.1, -0.05) is 84.4 Å². The molecule has 2 aliphatic rings. The lowest BCUT2D eigenvalue weighted by Gasteiger charge is -2.42. The highest BCUT2D eigenvalue weighted by atomic mass is 35.5. The van der Waals surface area contributed by atoms with Gasteiger partial charge < -0.3 is 35.2 Å². The van der Waals surface area contributed by atoms with Gasteiger partial charge in [-0.15, -0.1) is 0 Å². The van der Waals surface area contributed by atoms with Crippen LogP contribution in [-0.4, -0.2) is 53.4 Å². The molecule has 0 aliphatic carbocycles. The third kappa shape index (κ3) is 8.44. The standard InChI is InChI=1S/C39H44ClN3O5/c1-2-41-38(45)42-24-28-5-3-6-30(21-28)31-7-4-8-32(22-31)37-47-35(23-36(48-37)29-11-9-27(26-44)10-12-29)25-43-19-17-39(46,18-20-43)33-13-15-34(40)16-14-33/h3-16,21-22,35-37,44,46H,2,17-20,23-26H2,1H3,(H2,41,42,45)/t35-,36+,37+/m1/s1. The van der Waals surface area contributed by atoms with Gasteiger partial charge in [-0.05, 0) is 77.4 Å². The predicted octanol–water partition coefficient (Wildman–Crippen LogP) is 6.85. The van der Waals surface area contributed by atoms with E-state index in [0.717, 1.165) is 58.6 Å². The minimum absolute atomic E-state index is 0.00646. The van der Waals surface area contributed by atoms with Crippen LogP contribution in [0.4, 0.5) is 4.79 Å². The van der Waals surface area contributed by atoms with Crippen molar-refractivity contribution in [3.8, 4) is 11.1 Å². The predicted molar refractivity (Wildman–Crippen MR) is 187 cm³/mol. The van der Waals surface area contributed by atoms with Crippen LogP contribution in [0.15, 0.2) is 97.1 Å². The van der Waals surface area contributed by atoms with Crippen LogP contribution in [0.5, 0.6) is 0 Å². The Hall–Kier alpha value is -3.76. The molecule has 0 spiro atoms. The van der Waals surface area contributed by atoms with Gasteiger partial charge in [0, 0.05) is 49.7 Å². The lowest BCUT2D eigenvalue weighted by molar-refractivity contribution is -0.253. The average Bonchev–Trinajstić information content (AvgIpc) is 3.12. The van der Waals surface area contributed by atoms with Crippen molar-refractivity contribution in [1.29, 1.82) is 0 Å². The number of piperidine rings is 1. The molecule has 2 aliphatic heterocycles. The Balaban J connectivity index is 1.18. The maximum atomic E-state index is 11.9. The van der Waals surface area contributed by atoms with Crippen molar-refractivity contribution < 1.29 is 24.5 Å². The molecule has 0 saturated carbocycles. The largest absolute Gasteiger partial charge is 0.392 e. The van der Waals surface area contributed by atoms with Crippen molar-refractivity contribution in [2.24, 2.45) is 0 Å². The van der Waals surface area contributed by atoms with Gasteiger partial charge in [0.1, 0.15) is 0 Å². The van der Waals surface area contributed by atoms with Crippen molar-refractivity contribution in [1.82, 2.24) is 15.5 Å². The molecule has 9 heteroatoms. The van der Waals surface area contributed by atoms with Crippen LogP contribution >= 0.6 is 11.6 Å². The Morgan fingerprint density at radius 2 is 1.58 bits per heavy atom. The first-order chi connectivity index (χ1) is 23.3. The molecule has 0 unspecified atom stereocenters. The van der Waals surface area contributed by atoms with Crippen LogP contribution < -0.4 is 10.6 Å². The third-order valence-corrected chi connectivity index (χ3v) is 9.60. The fourth-order valence-corrected chi connectivity index (χ4v) is 6.73. The average molecular weight is 670 g/mol. The molecule has 48 heavy (non-hydrogen) atoms. The lowest BCUT2D eigenvalue weighted by atomic mass is 9.84. The number of nitrogens with zero attached hydrogens (tertiary/aromatic N) is 1. The van der Waals surface area contributed by atoms with Crippen molar-refractivity contribution in [2.75, 3.05) is 26.2 Å². The zero-order chi connectivity index (χ0) is 33.5. The molecule has 8 nitrogen and oxygen atoms in total. The molecule has 4 aromatic rings. The van der Waals surface area contributed by atoms with Gasteiger partial charge in [0.2, 0.25) is 0 Å². The maximum absolute atomic E-state index is 11.9. The van der Waals surface area contributed by atoms with Gasteiger partial charge >= 0.3 is 6.03 Å². The summed E-state index contributed by atoms with van der Waals surface area (Å²) in [5, 5.41) is 27.3. The second-order valence-electron chi connectivity index (χ2n) is 12.7. The van der Waals surface area contributed by atoms with E-state index in [1.54, 1.807) is 0 Å². The van der Waals surface area contributed by atoms with E-state index in [0.29, 0.717) is 37.4 Å². The molecular formula is C39H44ClN3O5. The number of aliphatic hydroxyl groups excluding tert-OH is 1. The number of hydrogen-bond acceptors (Lipinski definition) is 6. The maximum Gasteiger partial charge on any atom is 0.315 e. The molecule has 2 amide bonds. The number of ether oxygens (including phenoxy) is 2. The van der Waals surface area contributed by atoms with Crippen LogP contribution in [0.25, 0.3) is 11.1 Å². The zero-order valence-corrected chi connectivity index (χ0v) is 28.0. The fourth-order valence-electron chi connectivity index (χ4n) is 6.61. The van der Waals surface area contributed by atoms with E-state index in [1.165, 1.54) is 0 Å².